The lowest BCUT2D eigenvalue weighted by atomic mass is 10.3. The Morgan fingerprint density at radius 2 is 1.88 bits per heavy atom. The maximum absolute atomic E-state index is 10.9. The topological polar surface area (TPSA) is 66.9 Å². The Morgan fingerprint density at radius 3 is 2.47 bits per heavy atom. The van der Waals surface area contributed by atoms with E-state index in [-0.39, 0.29) is 0 Å². The van der Waals surface area contributed by atoms with Crippen LogP contribution in [0, 0.1) is 13.8 Å². The predicted molar refractivity (Wildman–Crippen MR) is 73.1 cm³/mol. The molecule has 1 aromatic heterocycles. The predicted octanol–water partition coefficient (Wildman–Crippen LogP) is 1.32. The van der Waals surface area contributed by atoms with Crippen molar-refractivity contribution in [1.29, 1.82) is 0 Å². The number of rotatable bonds is 6. The molecule has 96 valence electrons. The SMILES string of the molecule is CNc1nc(C)nc(NCCCS(C)=O)c1C. The Hall–Kier alpha value is -1.17. The highest BCUT2D eigenvalue weighted by Gasteiger charge is 2.07. The van der Waals surface area contributed by atoms with E-state index in [1.165, 1.54) is 0 Å². The highest BCUT2D eigenvalue weighted by atomic mass is 32.2. The van der Waals surface area contributed by atoms with Crippen LogP contribution in [0.5, 0.6) is 0 Å². The van der Waals surface area contributed by atoms with Crippen LogP contribution < -0.4 is 10.6 Å². The molecule has 5 nitrogen and oxygen atoms in total. The number of nitrogens with one attached hydrogen (secondary N) is 2. The van der Waals surface area contributed by atoms with Crippen LogP contribution in [0.15, 0.2) is 0 Å². The molecule has 1 aromatic rings. The Bertz CT molecular complexity index is 409. The lowest BCUT2D eigenvalue weighted by Crippen LogP contribution is -2.11. The lowest BCUT2D eigenvalue weighted by molar-refractivity contribution is 0.685. The van der Waals surface area contributed by atoms with Gasteiger partial charge in [-0.25, -0.2) is 9.97 Å². The van der Waals surface area contributed by atoms with Gasteiger partial charge in [-0.1, -0.05) is 0 Å². The summed E-state index contributed by atoms with van der Waals surface area (Å²) in [4.78, 5) is 8.66. The number of hydrogen-bond acceptors (Lipinski definition) is 5. The Balaban J connectivity index is 2.64. The fraction of sp³-hybridized carbons (Fsp3) is 0.636. The van der Waals surface area contributed by atoms with Crippen molar-refractivity contribution in [2.75, 3.05) is 36.2 Å². The van der Waals surface area contributed by atoms with E-state index in [2.05, 4.69) is 20.6 Å². The molecule has 1 unspecified atom stereocenters. The number of aromatic nitrogens is 2. The summed E-state index contributed by atoms with van der Waals surface area (Å²) in [5.74, 6) is 3.15. The Labute approximate surface area is 105 Å². The molecule has 0 aromatic carbocycles. The maximum atomic E-state index is 10.9. The summed E-state index contributed by atoms with van der Waals surface area (Å²) in [7, 11) is 1.12. The van der Waals surface area contributed by atoms with E-state index in [0.29, 0.717) is 0 Å². The van der Waals surface area contributed by atoms with Crippen LogP contribution in [-0.4, -0.2) is 39.8 Å². The lowest BCUT2D eigenvalue weighted by Gasteiger charge is -2.12. The number of nitrogens with zero attached hydrogens (tertiary/aromatic N) is 2. The van der Waals surface area contributed by atoms with Crippen molar-refractivity contribution >= 4 is 22.4 Å². The molecule has 0 bridgehead atoms. The highest BCUT2D eigenvalue weighted by Crippen LogP contribution is 2.18. The third-order valence-electron chi connectivity index (χ3n) is 2.40. The van der Waals surface area contributed by atoms with Crippen LogP contribution in [0.1, 0.15) is 17.8 Å². The number of anilines is 2. The monoisotopic (exact) mass is 256 g/mol. The molecule has 1 atom stereocenters. The average molecular weight is 256 g/mol. The summed E-state index contributed by atoms with van der Waals surface area (Å²) >= 11 is 0. The van der Waals surface area contributed by atoms with Gasteiger partial charge in [0.15, 0.2) is 0 Å². The van der Waals surface area contributed by atoms with Crippen LogP contribution in [0.3, 0.4) is 0 Å². The van der Waals surface area contributed by atoms with E-state index in [1.54, 1.807) is 6.26 Å². The minimum atomic E-state index is -0.724. The Kier molecular flexibility index (Phi) is 5.34. The summed E-state index contributed by atoms with van der Waals surface area (Å²) in [5.41, 5.74) is 1.01. The van der Waals surface area contributed by atoms with Gasteiger partial charge in [-0.2, -0.15) is 0 Å². The molecule has 0 amide bonds. The molecule has 0 aliphatic carbocycles. The van der Waals surface area contributed by atoms with Gasteiger partial charge >= 0.3 is 0 Å². The van der Waals surface area contributed by atoms with Crippen molar-refractivity contribution in [2.45, 2.75) is 20.3 Å². The van der Waals surface area contributed by atoms with E-state index < -0.39 is 10.8 Å². The second kappa shape index (κ2) is 6.54. The standard InChI is InChI=1S/C11H20N4OS/c1-8-10(12-3)14-9(2)15-11(8)13-6-5-7-17(4)16/h5-7H2,1-4H3,(H2,12,13,14,15). The number of hydrogen-bond donors (Lipinski definition) is 2. The molecule has 6 heteroatoms. The summed E-state index contributed by atoms with van der Waals surface area (Å²) < 4.78 is 10.9. The van der Waals surface area contributed by atoms with E-state index in [4.69, 9.17) is 0 Å². The van der Waals surface area contributed by atoms with Gasteiger partial charge in [0, 0.05) is 42.0 Å². The van der Waals surface area contributed by atoms with Gasteiger partial charge in [0.25, 0.3) is 0 Å². The quantitative estimate of drug-likeness (QED) is 0.751. The molecule has 17 heavy (non-hydrogen) atoms. The maximum Gasteiger partial charge on any atom is 0.134 e. The van der Waals surface area contributed by atoms with Gasteiger partial charge < -0.3 is 10.6 Å². The minimum Gasteiger partial charge on any atom is -0.373 e. The van der Waals surface area contributed by atoms with Crippen molar-refractivity contribution < 1.29 is 4.21 Å². The van der Waals surface area contributed by atoms with Gasteiger partial charge in [0.1, 0.15) is 17.5 Å². The van der Waals surface area contributed by atoms with E-state index >= 15 is 0 Å². The van der Waals surface area contributed by atoms with Gasteiger partial charge in [0.05, 0.1) is 0 Å². The summed E-state index contributed by atoms with van der Waals surface area (Å²) in [5, 5.41) is 6.30. The molecule has 0 aliphatic rings. The molecular weight excluding hydrogens is 236 g/mol. The van der Waals surface area contributed by atoms with Crippen LogP contribution in [0.4, 0.5) is 11.6 Å². The first-order valence-electron chi connectivity index (χ1n) is 5.61. The van der Waals surface area contributed by atoms with Crippen molar-refractivity contribution in [3.05, 3.63) is 11.4 Å². The molecule has 2 N–H and O–H groups in total. The summed E-state index contributed by atoms with van der Waals surface area (Å²) in [6.45, 7) is 4.62. The third kappa shape index (κ3) is 4.30. The van der Waals surface area contributed by atoms with E-state index in [1.807, 2.05) is 20.9 Å². The summed E-state index contributed by atoms with van der Waals surface area (Å²) in [6.07, 6.45) is 2.60. The molecule has 0 fully saturated rings. The fourth-order valence-corrected chi connectivity index (χ4v) is 2.08. The molecule has 0 saturated carbocycles. The largest absolute Gasteiger partial charge is 0.373 e. The first kappa shape index (κ1) is 13.9. The number of aryl methyl sites for hydroxylation is 1. The fourth-order valence-electron chi connectivity index (χ4n) is 1.53. The zero-order valence-corrected chi connectivity index (χ0v) is 11.6. The van der Waals surface area contributed by atoms with Crippen molar-refractivity contribution in [2.24, 2.45) is 0 Å². The van der Waals surface area contributed by atoms with Crippen molar-refractivity contribution in [3.63, 3.8) is 0 Å². The molecule has 1 rings (SSSR count). The van der Waals surface area contributed by atoms with Crippen LogP contribution in [0.2, 0.25) is 0 Å². The van der Waals surface area contributed by atoms with Gasteiger partial charge in [-0.15, -0.1) is 0 Å². The van der Waals surface area contributed by atoms with Gasteiger partial charge in [-0.3, -0.25) is 4.21 Å². The summed E-state index contributed by atoms with van der Waals surface area (Å²) in [6, 6.07) is 0. The zero-order chi connectivity index (χ0) is 12.8. The van der Waals surface area contributed by atoms with Crippen LogP contribution in [0.25, 0.3) is 0 Å². The van der Waals surface area contributed by atoms with Crippen molar-refractivity contribution in [3.8, 4) is 0 Å². The van der Waals surface area contributed by atoms with Crippen LogP contribution in [-0.2, 0) is 10.8 Å². The zero-order valence-electron chi connectivity index (χ0n) is 10.8. The molecule has 0 saturated heterocycles. The molecule has 0 aliphatic heterocycles. The average Bonchev–Trinajstić information content (AvgIpc) is 2.28. The molecular formula is C11H20N4OS. The third-order valence-corrected chi connectivity index (χ3v) is 3.26. The Morgan fingerprint density at radius 1 is 1.24 bits per heavy atom. The van der Waals surface area contributed by atoms with Crippen molar-refractivity contribution in [1.82, 2.24) is 9.97 Å². The second-order valence-electron chi connectivity index (χ2n) is 3.90. The molecule has 1 heterocycles. The minimum absolute atomic E-state index is 0.717. The first-order valence-corrected chi connectivity index (χ1v) is 7.34. The van der Waals surface area contributed by atoms with Gasteiger partial charge in [0.2, 0.25) is 0 Å². The smallest absolute Gasteiger partial charge is 0.134 e. The van der Waals surface area contributed by atoms with E-state index in [0.717, 1.165) is 41.7 Å². The molecule has 0 radical (unpaired) electrons. The normalized spacial score (nSPS) is 12.2. The highest BCUT2D eigenvalue weighted by molar-refractivity contribution is 7.84. The van der Waals surface area contributed by atoms with Gasteiger partial charge in [-0.05, 0) is 20.3 Å². The van der Waals surface area contributed by atoms with E-state index in [9.17, 15) is 4.21 Å². The second-order valence-corrected chi connectivity index (χ2v) is 5.46. The molecule has 0 spiro atoms. The first-order chi connectivity index (χ1) is 8.04. The van der Waals surface area contributed by atoms with Crippen LogP contribution >= 0.6 is 0 Å².